The van der Waals surface area contributed by atoms with Gasteiger partial charge in [-0.25, -0.2) is 5.06 Å². The topological polar surface area (TPSA) is 96.3 Å². The van der Waals surface area contributed by atoms with Gasteiger partial charge in [0.25, 0.3) is 0 Å². The predicted octanol–water partition coefficient (Wildman–Crippen LogP) is 2.43. The summed E-state index contributed by atoms with van der Waals surface area (Å²) < 4.78 is 50.6. The maximum absolute atomic E-state index is 12.0. The summed E-state index contributed by atoms with van der Waals surface area (Å²) >= 11 is 0. The van der Waals surface area contributed by atoms with Crippen LogP contribution < -0.4 is 4.74 Å². The Labute approximate surface area is 136 Å². The van der Waals surface area contributed by atoms with Crippen molar-refractivity contribution < 1.29 is 41.9 Å². The van der Waals surface area contributed by atoms with Crippen LogP contribution in [-0.2, 0) is 20.8 Å². The highest BCUT2D eigenvalue weighted by atomic mass is 31.2. The van der Waals surface area contributed by atoms with Crippen LogP contribution in [0.3, 0.4) is 0 Å². The number of amides is 1. The summed E-state index contributed by atoms with van der Waals surface area (Å²) in [4.78, 5) is 34.1. The Kier molecular flexibility index (Phi) is 7.22. The van der Waals surface area contributed by atoms with Gasteiger partial charge < -0.3 is 14.5 Å². The molecule has 1 amide bonds. The van der Waals surface area contributed by atoms with Crippen molar-refractivity contribution in [2.24, 2.45) is 0 Å². The van der Waals surface area contributed by atoms with E-state index in [-0.39, 0.29) is 31.5 Å². The van der Waals surface area contributed by atoms with Crippen molar-refractivity contribution in [3.63, 3.8) is 0 Å². The van der Waals surface area contributed by atoms with E-state index >= 15 is 0 Å². The van der Waals surface area contributed by atoms with E-state index in [4.69, 9.17) is 14.6 Å². The monoisotopic (exact) mass is 371 g/mol. The molecule has 0 spiro atoms. The van der Waals surface area contributed by atoms with Crippen molar-refractivity contribution >= 4 is 13.5 Å². The number of ether oxygens (including phenoxy) is 1. The molecule has 1 aromatic carbocycles. The summed E-state index contributed by atoms with van der Waals surface area (Å²) in [6, 6.07) is 4.90. The summed E-state index contributed by atoms with van der Waals surface area (Å²) in [6.45, 7) is 1.11. The van der Waals surface area contributed by atoms with Gasteiger partial charge in [0.15, 0.2) is 0 Å². The summed E-state index contributed by atoms with van der Waals surface area (Å²) in [5.41, 5.74) is 0.491. The summed E-state index contributed by atoms with van der Waals surface area (Å²) in [6.07, 6.45) is -5.12. The summed E-state index contributed by atoms with van der Waals surface area (Å²) in [5, 5.41) is 0.940. The van der Waals surface area contributed by atoms with Gasteiger partial charge in [-0.05, 0) is 24.1 Å². The number of hydroxylamine groups is 2. The van der Waals surface area contributed by atoms with Gasteiger partial charge in [-0.15, -0.1) is 13.2 Å². The second-order valence-corrected chi connectivity index (χ2v) is 6.60. The smallest absolute Gasteiger partial charge is 0.406 e. The zero-order valence-electron chi connectivity index (χ0n) is 12.7. The SMILES string of the molecule is CC(=O)N(CCCP(=O)(O)O)OCc1ccc(OC(F)(F)F)cc1. The highest BCUT2D eigenvalue weighted by Crippen LogP contribution is 2.34. The van der Waals surface area contributed by atoms with E-state index in [9.17, 15) is 22.5 Å². The van der Waals surface area contributed by atoms with Gasteiger partial charge in [-0.1, -0.05) is 12.1 Å². The number of rotatable bonds is 8. The van der Waals surface area contributed by atoms with Crippen LogP contribution in [0, 0.1) is 0 Å². The third kappa shape index (κ3) is 8.88. The van der Waals surface area contributed by atoms with Gasteiger partial charge in [-0.2, -0.15) is 0 Å². The van der Waals surface area contributed by atoms with Crippen LogP contribution in [0.2, 0.25) is 0 Å². The van der Waals surface area contributed by atoms with Crippen molar-refractivity contribution in [2.75, 3.05) is 12.7 Å². The highest BCUT2D eigenvalue weighted by Gasteiger charge is 2.30. The molecule has 0 aliphatic rings. The van der Waals surface area contributed by atoms with E-state index in [0.29, 0.717) is 5.56 Å². The molecule has 7 nitrogen and oxygen atoms in total. The number of benzene rings is 1. The first kappa shape index (κ1) is 20.4. The number of halogens is 3. The van der Waals surface area contributed by atoms with Crippen molar-refractivity contribution in [1.82, 2.24) is 5.06 Å². The quantitative estimate of drug-likeness (QED) is 0.538. The molecule has 0 fully saturated rings. The lowest BCUT2D eigenvalue weighted by molar-refractivity contribution is -0.274. The molecule has 0 bridgehead atoms. The Hall–Kier alpha value is -1.61. The average Bonchev–Trinajstić information content (AvgIpc) is 2.41. The van der Waals surface area contributed by atoms with E-state index in [0.717, 1.165) is 17.2 Å². The molecular weight excluding hydrogens is 354 g/mol. The molecule has 11 heteroatoms. The fraction of sp³-hybridized carbons (Fsp3) is 0.462. The number of carbonyl (C=O) groups excluding carboxylic acids is 1. The van der Waals surface area contributed by atoms with Gasteiger partial charge in [0.2, 0.25) is 5.91 Å². The Morgan fingerprint density at radius 2 is 1.83 bits per heavy atom. The molecule has 0 saturated carbocycles. The van der Waals surface area contributed by atoms with Crippen LogP contribution >= 0.6 is 7.60 Å². The number of nitrogens with zero attached hydrogens (tertiary/aromatic N) is 1. The fourth-order valence-electron chi connectivity index (χ4n) is 1.67. The standard InChI is InChI=1S/C13H17F3NO6P/c1-10(18)17(7-2-8-24(19,20)21)22-9-11-3-5-12(6-4-11)23-13(14,15)16/h3-6H,2,7-9H2,1H3,(H2,19,20,21). The average molecular weight is 371 g/mol. The molecule has 1 rings (SSSR count). The molecule has 1 aromatic rings. The predicted molar refractivity (Wildman–Crippen MR) is 76.8 cm³/mol. The second kappa shape index (κ2) is 8.48. The Morgan fingerprint density at radius 3 is 2.29 bits per heavy atom. The van der Waals surface area contributed by atoms with Crippen molar-refractivity contribution in [3.8, 4) is 5.75 Å². The van der Waals surface area contributed by atoms with Gasteiger partial charge in [0.1, 0.15) is 12.4 Å². The molecule has 0 aliphatic carbocycles. The number of carbonyl (C=O) groups is 1. The van der Waals surface area contributed by atoms with E-state index in [1.807, 2.05) is 0 Å². The minimum atomic E-state index is -4.78. The van der Waals surface area contributed by atoms with Gasteiger partial charge in [0, 0.05) is 13.5 Å². The Morgan fingerprint density at radius 1 is 1.25 bits per heavy atom. The summed E-state index contributed by atoms with van der Waals surface area (Å²) in [5.74, 6) is -0.839. The molecular formula is C13H17F3NO6P. The minimum absolute atomic E-state index is 0.0181. The van der Waals surface area contributed by atoms with E-state index in [1.165, 1.54) is 19.1 Å². The maximum atomic E-state index is 12.0. The highest BCUT2D eigenvalue weighted by molar-refractivity contribution is 7.51. The first-order chi connectivity index (χ1) is 11.0. The molecule has 136 valence electrons. The third-order valence-corrected chi connectivity index (χ3v) is 3.60. The zero-order valence-corrected chi connectivity index (χ0v) is 13.6. The Bertz CT molecular complexity index is 586. The largest absolute Gasteiger partial charge is 0.573 e. The molecule has 0 atom stereocenters. The fourth-order valence-corrected chi connectivity index (χ4v) is 2.23. The molecule has 0 aliphatic heterocycles. The van der Waals surface area contributed by atoms with E-state index in [2.05, 4.69) is 4.74 Å². The van der Waals surface area contributed by atoms with Crippen LogP contribution in [0.1, 0.15) is 18.9 Å². The van der Waals surface area contributed by atoms with Crippen LogP contribution in [0.25, 0.3) is 0 Å². The summed E-state index contributed by atoms with van der Waals surface area (Å²) in [7, 11) is -4.15. The lowest BCUT2D eigenvalue weighted by Gasteiger charge is -2.20. The zero-order chi connectivity index (χ0) is 18.4. The van der Waals surface area contributed by atoms with E-state index < -0.39 is 19.9 Å². The van der Waals surface area contributed by atoms with Gasteiger partial charge in [-0.3, -0.25) is 14.2 Å². The van der Waals surface area contributed by atoms with Gasteiger partial charge in [0.05, 0.1) is 6.16 Å². The maximum Gasteiger partial charge on any atom is 0.573 e. The van der Waals surface area contributed by atoms with Crippen molar-refractivity contribution in [3.05, 3.63) is 29.8 Å². The molecule has 0 unspecified atom stereocenters. The van der Waals surface area contributed by atoms with Crippen LogP contribution in [-0.4, -0.2) is 39.8 Å². The molecule has 0 saturated heterocycles. The molecule has 24 heavy (non-hydrogen) atoms. The molecule has 0 heterocycles. The molecule has 0 radical (unpaired) electrons. The normalized spacial score (nSPS) is 12.1. The second-order valence-electron chi connectivity index (χ2n) is 4.83. The van der Waals surface area contributed by atoms with Crippen LogP contribution in [0.4, 0.5) is 13.2 Å². The number of alkyl halides is 3. The molecule has 2 N–H and O–H groups in total. The van der Waals surface area contributed by atoms with Crippen LogP contribution in [0.15, 0.2) is 24.3 Å². The lowest BCUT2D eigenvalue weighted by atomic mass is 10.2. The molecule has 0 aromatic heterocycles. The number of hydrogen-bond donors (Lipinski definition) is 2. The van der Waals surface area contributed by atoms with E-state index in [1.54, 1.807) is 0 Å². The Balaban J connectivity index is 2.52. The van der Waals surface area contributed by atoms with Crippen molar-refractivity contribution in [1.29, 1.82) is 0 Å². The van der Waals surface area contributed by atoms with Crippen molar-refractivity contribution in [2.45, 2.75) is 26.3 Å². The van der Waals surface area contributed by atoms with Crippen LogP contribution in [0.5, 0.6) is 5.75 Å². The third-order valence-electron chi connectivity index (χ3n) is 2.71. The first-order valence-electron chi connectivity index (χ1n) is 6.76. The minimum Gasteiger partial charge on any atom is -0.406 e. The lowest BCUT2D eigenvalue weighted by Crippen LogP contribution is -2.30. The van der Waals surface area contributed by atoms with Gasteiger partial charge >= 0.3 is 14.0 Å². The first-order valence-corrected chi connectivity index (χ1v) is 8.56. The number of hydrogen-bond acceptors (Lipinski definition) is 4.